The Morgan fingerprint density at radius 1 is 0.375 bits per heavy atom. The van der Waals surface area contributed by atoms with Crippen LogP contribution in [0.4, 0.5) is 0 Å². The van der Waals surface area contributed by atoms with E-state index in [-0.39, 0.29) is 0 Å². The molecule has 0 saturated carbocycles. The zero-order valence-electron chi connectivity index (χ0n) is 21.6. The van der Waals surface area contributed by atoms with Crippen molar-refractivity contribution in [3.8, 4) is 33.8 Å². The fourth-order valence-corrected chi connectivity index (χ4v) is 5.99. The molecule has 0 radical (unpaired) electrons. The van der Waals surface area contributed by atoms with Crippen LogP contribution in [0.1, 0.15) is 0 Å². The summed E-state index contributed by atoms with van der Waals surface area (Å²) >= 11 is 0. The van der Waals surface area contributed by atoms with Crippen molar-refractivity contribution in [1.82, 2.24) is 15.0 Å². The zero-order valence-corrected chi connectivity index (χ0v) is 21.6. The lowest BCUT2D eigenvalue weighted by atomic mass is 9.86. The molecule has 0 aliphatic carbocycles. The van der Waals surface area contributed by atoms with Gasteiger partial charge >= 0.3 is 0 Å². The minimum Gasteiger partial charge on any atom is -0.253 e. The van der Waals surface area contributed by atoms with E-state index in [1.54, 1.807) is 6.20 Å². The summed E-state index contributed by atoms with van der Waals surface area (Å²) in [5.41, 5.74) is 5.36. The summed E-state index contributed by atoms with van der Waals surface area (Å²) in [7, 11) is 0. The van der Waals surface area contributed by atoms with Gasteiger partial charge in [0.25, 0.3) is 0 Å². The summed E-state index contributed by atoms with van der Waals surface area (Å²) in [6.07, 6.45) is 5.61. The monoisotopic (exact) mass is 509 g/mol. The molecule has 0 spiro atoms. The third-order valence-electron chi connectivity index (χ3n) is 7.80. The van der Waals surface area contributed by atoms with Gasteiger partial charge in [-0.2, -0.15) is 0 Å². The molecule has 0 atom stereocenters. The highest BCUT2D eigenvalue weighted by atomic mass is 14.9. The Balaban J connectivity index is 1.40. The molecule has 186 valence electrons. The molecule has 3 nitrogen and oxygen atoms in total. The van der Waals surface area contributed by atoms with E-state index in [0.717, 1.165) is 16.8 Å². The second-order valence-corrected chi connectivity index (χ2v) is 10.1. The largest absolute Gasteiger partial charge is 0.253 e. The van der Waals surface area contributed by atoms with Gasteiger partial charge < -0.3 is 0 Å². The van der Waals surface area contributed by atoms with Crippen LogP contribution < -0.4 is 0 Å². The highest BCUT2D eigenvalue weighted by molar-refractivity contribution is 6.22. The molecule has 2 aromatic heterocycles. The van der Waals surface area contributed by atoms with Crippen molar-refractivity contribution in [2.75, 3.05) is 0 Å². The highest BCUT2D eigenvalue weighted by Crippen LogP contribution is 2.44. The average Bonchev–Trinajstić information content (AvgIpc) is 3.04. The Hall–Kier alpha value is -5.41. The van der Waals surface area contributed by atoms with Gasteiger partial charge in [0.1, 0.15) is 5.69 Å². The van der Waals surface area contributed by atoms with Gasteiger partial charge in [-0.25, -0.2) is 9.97 Å². The summed E-state index contributed by atoms with van der Waals surface area (Å²) in [6.45, 7) is 0. The van der Waals surface area contributed by atoms with Crippen molar-refractivity contribution in [2.24, 2.45) is 0 Å². The quantitative estimate of drug-likeness (QED) is 0.176. The lowest BCUT2D eigenvalue weighted by Gasteiger charge is -2.18. The smallest absolute Gasteiger partial charge is 0.178 e. The summed E-state index contributed by atoms with van der Waals surface area (Å²) in [5, 5.41) is 9.84. The maximum Gasteiger partial charge on any atom is 0.178 e. The third kappa shape index (κ3) is 3.56. The third-order valence-corrected chi connectivity index (χ3v) is 7.80. The average molecular weight is 510 g/mol. The minimum absolute atomic E-state index is 0.623. The van der Waals surface area contributed by atoms with Crippen LogP contribution in [0.15, 0.2) is 140 Å². The zero-order chi connectivity index (χ0) is 26.5. The van der Waals surface area contributed by atoms with E-state index in [2.05, 4.69) is 108 Å². The maximum atomic E-state index is 4.71. The van der Waals surface area contributed by atoms with Crippen molar-refractivity contribution in [3.05, 3.63) is 140 Å². The Kier molecular flexibility index (Phi) is 5.14. The normalized spacial score (nSPS) is 11.5. The van der Waals surface area contributed by atoms with Gasteiger partial charge in [-0.1, -0.05) is 103 Å². The van der Waals surface area contributed by atoms with Crippen molar-refractivity contribution in [1.29, 1.82) is 0 Å². The van der Waals surface area contributed by atoms with Gasteiger partial charge in [0.2, 0.25) is 0 Å². The van der Waals surface area contributed by atoms with Crippen molar-refractivity contribution < 1.29 is 0 Å². The second kappa shape index (κ2) is 9.11. The van der Waals surface area contributed by atoms with Crippen LogP contribution in [0.3, 0.4) is 0 Å². The van der Waals surface area contributed by atoms with Crippen LogP contribution in [-0.2, 0) is 0 Å². The van der Waals surface area contributed by atoms with E-state index in [0.29, 0.717) is 5.82 Å². The molecule has 3 heteroatoms. The molecule has 8 rings (SSSR count). The molecule has 0 aliphatic heterocycles. The molecule has 6 aromatic carbocycles. The molecule has 40 heavy (non-hydrogen) atoms. The van der Waals surface area contributed by atoms with E-state index >= 15 is 0 Å². The Morgan fingerprint density at radius 3 is 1.52 bits per heavy atom. The number of aromatic nitrogens is 3. The van der Waals surface area contributed by atoms with Gasteiger partial charge in [-0.3, -0.25) is 4.98 Å². The molecule has 0 amide bonds. The number of hydrogen-bond acceptors (Lipinski definition) is 3. The summed E-state index contributed by atoms with van der Waals surface area (Å²) in [4.78, 5) is 13.8. The lowest BCUT2D eigenvalue weighted by Crippen LogP contribution is -1.94. The van der Waals surface area contributed by atoms with E-state index < -0.39 is 0 Å². The van der Waals surface area contributed by atoms with Crippen molar-refractivity contribution in [3.63, 3.8) is 0 Å². The first-order valence-corrected chi connectivity index (χ1v) is 13.4. The first-order chi connectivity index (χ1) is 19.8. The molecule has 0 unspecified atom stereocenters. The standard InChI is InChI=1S/C37H23N3/c1-2-10-28-24(9-1)16-17-25-18-19-26(21-33(25)28)35-29-11-3-5-13-31(29)36(32-14-6-4-12-30(32)35)27-22-39-37(40-23-27)34-15-7-8-20-38-34/h1-23H. The first-order valence-electron chi connectivity index (χ1n) is 13.4. The highest BCUT2D eigenvalue weighted by Gasteiger charge is 2.17. The molecule has 8 aromatic rings. The van der Waals surface area contributed by atoms with E-state index in [4.69, 9.17) is 9.97 Å². The van der Waals surface area contributed by atoms with Crippen LogP contribution in [0.25, 0.3) is 76.9 Å². The fourth-order valence-electron chi connectivity index (χ4n) is 5.99. The van der Waals surface area contributed by atoms with Crippen molar-refractivity contribution >= 4 is 43.1 Å². The molecule has 2 heterocycles. The molecular weight excluding hydrogens is 486 g/mol. The number of fused-ring (bicyclic) bond motifs is 5. The van der Waals surface area contributed by atoms with Crippen LogP contribution >= 0.6 is 0 Å². The minimum atomic E-state index is 0.623. The van der Waals surface area contributed by atoms with E-state index in [1.807, 2.05) is 30.6 Å². The van der Waals surface area contributed by atoms with Crippen LogP contribution in [-0.4, -0.2) is 15.0 Å². The number of nitrogens with zero attached hydrogens (tertiary/aromatic N) is 3. The molecule has 0 fully saturated rings. The van der Waals surface area contributed by atoms with Gasteiger partial charge in [-0.05, 0) is 72.4 Å². The predicted molar refractivity (Wildman–Crippen MR) is 166 cm³/mol. The molecule has 0 bridgehead atoms. The van der Waals surface area contributed by atoms with Crippen LogP contribution in [0.2, 0.25) is 0 Å². The van der Waals surface area contributed by atoms with Gasteiger partial charge in [-0.15, -0.1) is 0 Å². The van der Waals surface area contributed by atoms with E-state index in [1.165, 1.54) is 54.2 Å². The number of hydrogen-bond donors (Lipinski definition) is 0. The topological polar surface area (TPSA) is 38.7 Å². The van der Waals surface area contributed by atoms with Crippen LogP contribution in [0, 0.1) is 0 Å². The predicted octanol–water partition coefficient (Wildman–Crippen LogP) is 9.49. The van der Waals surface area contributed by atoms with Crippen LogP contribution in [0.5, 0.6) is 0 Å². The lowest BCUT2D eigenvalue weighted by molar-refractivity contribution is 1.14. The summed E-state index contributed by atoms with van der Waals surface area (Å²) in [5.74, 6) is 0.623. The number of pyridine rings is 1. The first kappa shape index (κ1) is 22.6. The fraction of sp³-hybridized carbons (Fsp3) is 0. The second-order valence-electron chi connectivity index (χ2n) is 10.1. The Bertz CT molecular complexity index is 2140. The molecular formula is C37H23N3. The van der Waals surface area contributed by atoms with Gasteiger partial charge in [0.15, 0.2) is 5.82 Å². The maximum absolute atomic E-state index is 4.71. The Labute approximate surface area is 231 Å². The van der Waals surface area contributed by atoms with Gasteiger partial charge in [0.05, 0.1) is 0 Å². The van der Waals surface area contributed by atoms with E-state index in [9.17, 15) is 0 Å². The molecule has 0 saturated heterocycles. The van der Waals surface area contributed by atoms with Gasteiger partial charge in [0, 0.05) is 29.7 Å². The SMILES string of the molecule is c1ccc(-c2ncc(-c3c4ccccc4c(-c4ccc5ccc6ccccc6c5c4)c4ccccc34)cn2)nc1. The number of benzene rings is 6. The summed E-state index contributed by atoms with van der Waals surface area (Å²) < 4.78 is 0. The molecule has 0 aliphatic rings. The van der Waals surface area contributed by atoms with Crippen molar-refractivity contribution in [2.45, 2.75) is 0 Å². The number of rotatable bonds is 3. The molecule has 0 N–H and O–H groups in total. The summed E-state index contributed by atoms with van der Waals surface area (Å²) in [6, 6.07) is 43.1. The Morgan fingerprint density at radius 2 is 0.900 bits per heavy atom.